The van der Waals surface area contributed by atoms with Gasteiger partial charge in [0.15, 0.2) is 0 Å². The first kappa shape index (κ1) is 12.3. The molecule has 96 valence electrons. The molecule has 17 heavy (non-hydrogen) atoms. The van der Waals surface area contributed by atoms with Gasteiger partial charge in [0.25, 0.3) is 0 Å². The van der Waals surface area contributed by atoms with E-state index in [2.05, 4.69) is 10.3 Å². The van der Waals surface area contributed by atoms with Crippen molar-refractivity contribution in [3.8, 4) is 0 Å². The fraction of sp³-hybridized carbons (Fsp3) is 0.800. The molecule has 1 aromatic rings. The largest absolute Gasteiger partial charge is 0.401 e. The predicted molar refractivity (Wildman–Crippen MR) is 55.5 cm³/mol. The number of likely N-dealkylation sites (tertiary alicyclic amines) is 1. The zero-order valence-corrected chi connectivity index (χ0v) is 9.61. The van der Waals surface area contributed by atoms with E-state index in [1.54, 1.807) is 4.68 Å². The van der Waals surface area contributed by atoms with Crippen LogP contribution in [-0.2, 0) is 0 Å². The molecule has 0 saturated carbocycles. The molecule has 0 unspecified atom stereocenters. The molecule has 0 amide bonds. The number of rotatable bonds is 2. The number of halogens is 3. The SMILES string of the molecule is Cc1cn(C2CCN(CC(F)(F)F)CC2)nn1. The number of aryl methyl sites for hydroxylation is 1. The van der Waals surface area contributed by atoms with Gasteiger partial charge in [0.05, 0.1) is 18.3 Å². The van der Waals surface area contributed by atoms with Gasteiger partial charge in [-0.05, 0) is 19.8 Å². The maximum atomic E-state index is 12.2. The third-order valence-electron chi connectivity index (χ3n) is 2.96. The quantitative estimate of drug-likeness (QED) is 0.800. The second-order valence-electron chi connectivity index (χ2n) is 4.46. The van der Waals surface area contributed by atoms with Crippen molar-refractivity contribution in [2.45, 2.75) is 32.0 Å². The van der Waals surface area contributed by atoms with E-state index < -0.39 is 12.7 Å². The number of hydrogen-bond donors (Lipinski definition) is 0. The second kappa shape index (κ2) is 4.64. The van der Waals surface area contributed by atoms with E-state index in [0.717, 1.165) is 5.69 Å². The molecule has 7 heteroatoms. The smallest absolute Gasteiger partial charge is 0.295 e. The minimum atomic E-state index is -4.10. The Balaban J connectivity index is 1.86. The Hall–Kier alpha value is -1.11. The van der Waals surface area contributed by atoms with Crippen LogP contribution in [0.25, 0.3) is 0 Å². The summed E-state index contributed by atoms with van der Waals surface area (Å²) < 4.78 is 38.3. The maximum absolute atomic E-state index is 12.2. The molecule has 0 aliphatic carbocycles. The summed E-state index contributed by atoms with van der Waals surface area (Å²) in [6.45, 7) is 1.96. The van der Waals surface area contributed by atoms with Gasteiger partial charge >= 0.3 is 6.18 Å². The lowest BCUT2D eigenvalue weighted by Crippen LogP contribution is -2.40. The van der Waals surface area contributed by atoms with Crippen LogP contribution in [-0.4, -0.2) is 45.7 Å². The van der Waals surface area contributed by atoms with E-state index in [1.165, 1.54) is 4.90 Å². The normalized spacial score (nSPS) is 19.8. The van der Waals surface area contributed by atoms with Crippen molar-refractivity contribution in [3.05, 3.63) is 11.9 Å². The van der Waals surface area contributed by atoms with E-state index in [-0.39, 0.29) is 6.04 Å². The van der Waals surface area contributed by atoms with Crippen LogP contribution in [0.15, 0.2) is 6.20 Å². The lowest BCUT2D eigenvalue weighted by molar-refractivity contribution is -0.148. The Bertz CT molecular complexity index is 366. The lowest BCUT2D eigenvalue weighted by atomic mass is 10.1. The first-order valence-corrected chi connectivity index (χ1v) is 5.61. The topological polar surface area (TPSA) is 34.0 Å². The molecule has 1 aromatic heterocycles. The highest BCUT2D eigenvalue weighted by molar-refractivity contribution is 4.89. The van der Waals surface area contributed by atoms with Gasteiger partial charge in [-0.1, -0.05) is 5.21 Å². The molecule has 4 nitrogen and oxygen atoms in total. The van der Waals surface area contributed by atoms with E-state index in [1.807, 2.05) is 13.1 Å². The van der Waals surface area contributed by atoms with Crippen LogP contribution in [0.4, 0.5) is 13.2 Å². The van der Waals surface area contributed by atoms with Crippen molar-refractivity contribution in [2.24, 2.45) is 0 Å². The van der Waals surface area contributed by atoms with Crippen molar-refractivity contribution in [1.82, 2.24) is 19.9 Å². The fourth-order valence-corrected chi connectivity index (χ4v) is 2.14. The van der Waals surface area contributed by atoms with Crippen LogP contribution in [0.3, 0.4) is 0 Å². The summed E-state index contributed by atoms with van der Waals surface area (Å²) in [4.78, 5) is 1.44. The van der Waals surface area contributed by atoms with Crippen molar-refractivity contribution >= 4 is 0 Å². The molecular formula is C10H15F3N4. The summed E-state index contributed by atoms with van der Waals surface area (Å²) >= 11 is 0. The van der Waals surface area contributed by atoms with E-state index in [0.29, 0.717) is 25.9 Å². The molecule has 2 heterocycles. The van der Waals surface area contributed by atoms with Crippen molar-refractivity contribution in [1.29, 1.82) is 0 Å². The van der Waals surface area contributed by atoms with Crippen molar-refractivity contribution < 1.29 is 13.2 Å². The zero-order chi connectivity index (χ0) is 12.5. The first-order valence-electron chi connectivity index (χ1n) is 5.61. The summed E-state index contributed by atoms with van der Waals surface area (Å²) in [7, 11) is 0. The standard InChI is InChI=1S/C10H15F3N4/c1-8-6-17(15-14-8)9-2-4-16(5-3-9)7-10(11,12)13/h6,9H,2-5,7H2,1H3. The van der Waals surface area contributed by atoms with E-state index in [9.17, 15) is 13.2 Å². The van der Waals surface area contributed by atoms with Gasteiger partial charge in [0, 0.05) is 19.3 Å². The molecule has 0 aromatic carbocycles. The molecule has 0 radical (unpaired) electrons. The molecule has 1 saturated heterocycles. The predicted octanol–water partition coefficient (Wildman–Crippen LogP) is 1.79. The van der Waals surface area contributed by atoms with Gasteiger partial charge in [-0.15, -0.1) is 5.10 Å². The van der Waals surface area contributed by atoms with Crippen molar-refractivity contribution in [2.75, 3.05) is 19.6 Å². The molecular weight excluding hydrogens is 233 g/mol. The number of piperidine rings is 1. The third kappa shape index (κ3) is 3.42. The summed E-state index contributed by atoms with van der Waals surface area (Å²) in [5, 5.41) is 7.85. The highest BCUT2D eigenvalue weighted by Crippen LogP contribution is 2.24. The summed E-state index contributed by atoms with van der Waals surface area (Å²) in [6.07, 6.45) is -0.876. The number of nitrogens with zero attached hydrogens (tertiary/aromatic N) is 4. The van der Waals surface area contributed by atoms with Gasteiger partial charge in [-0.2, -0.15) is 13.2 Å². The van der Waals surface area contributed by atoms with Gasteiger partial charge < -0.3 is 0 Å². The van der Waals surface area contributed by atoms with E-state index >= 15 is 0 Å². The van der Waals surface area contributed by atoms with Crippen LogP contribution >= 0.6 is 0 Å². The number of alkyl halides is 3. The first-order chi connectivity index (χ1) is 7.94. The van der Waals surface area contributed by atoms with Gasteiger partial charge in [0.1, 0.15) is 0 Å². The molecule has 0 bridgehead atoms. The lowest BCUT2D eigenvalue weighted by Gasteiger charge is -2.32. The number of aromatic nitrogens is 3. The molecule has 0 spiro atoms. The molecule has 0 N–H and O–H groups in total. The average molecular weight is 248 g/mol. The van der Waals surface area contributed by atoms with E-state index in [4.69, 9.17) is 0 Å². The third-order valence-corrected chi connectivity index (χ3v) is 2.96. The molecule has 1 aliphatic heterocycles. The zero-order valence-electron chi connectivity index (χ0n) is 9.61. The van der Waals surface area contributed by atoms with Crippen LogP contribution in [0.5, 0.6) is 0 Å². The maximum Gasteiger partial charge on any atom is 0.401 e. The van der Waals surface area contributed by atoms with Gasteiger partial charge in [-0.3, -0.25) is 4.90 Å². The highest BCUT2D eigenvalue weighted by atomic mass is 19.4. The molecule has 1 fully saturated rings. The van der Waals surface area contributed by atoms with Crippen LogP contribution in [0, 0.1) is 6.92 Å². The van der Waals surface area contributed by atoms with Gasteiger partial charge in [-0.25, -0.2) is 4.68 Å². The summed E-state index contributed by atoms with van der Waals surface area (Å²) in [6, 6.07) is 0.181. The van der Waals surface area contributed by atoms with Crippen LogP contribution in [0.1, 0.15) is 24.6 Å². The Labute approximate surface area is 97.4 Å². The molecule has 0 atom stereocenters. The Morgan fingerprint density at radius 2 is 2.00 bits per heavy atom. The van der Waals surface area contributed by atoms with Crippen LogP contribution < -0.4 is 0 Å². The van der Waals surface area contributed by atoms with Crippen LogP contribution in [0.2, 0.25) is 0 Å². The minimum Gasteiger partial charge on any atom is -0.295 e. The fourth-order valence-electron chi connectivity index (χ4n) is 2.14. The average Bonchev–Trinajstić information content (AvgIpc) is 2.63. The van der Waals surface area contributed by atoms with Gasteiger partial charge in [0.2, 0.25) is 0 Å². The monoisotopic (exact) mass is 248 g/mol. The van der Waals surface area contributed by atoms with Crippen molar-refractivity contribution in [3.63, 3.8) is 0 Å². The second-order valence-corrected chi connectivity index (χ2v) is 4.46. The number of hydrogen-bond acceptors (Lipinski definition) is 3. The Morgan fingerprint density at radius 1 is 1.35 bits per heavy atom. The minimum absolute atomic E-state index is 0.181. The summed E-state index contributed by atoms with van der Waals surface area (Å²) in [5.41, 5.74) is 0.836. The Morgan fingerprint density at radius 3 is 2.47 bits per heavy atom. The Kier molecular flexibility index (Phi) is 3.37. The molecule has 2 rings (SSSR count). The highest BCUT2D eigenvalue weighted by Gasteiger charge is 2.32. The summed E-state index contributed by atoms with van der Waals surface area (Å²) in [5.74, 6) is 0. The molecule has 1 aliphatic rings.